The van der Waals surface area contributed by atoms with E-state index in [1.54, 1.807) is 0 Å². The van der Waals surface area contributed by atoms with Gasteiger partial charge in [0.25, 0.3) is 0 Å². The molecule has 1 aromatic carbocycles. The van der Waals surface area contributed by atoms with Crippen LogP contribution in [0.15, 0.2) is 30.5 Å². The molecule has 1 aromatic heterocycles. The third-order valence-corrected chi connectivity index (χ3v) is 2.72. The van der Waals surface area contributed by atoms with Gasteiger partial charge >= 0.3 is 18.0 Å². The van der Waals surface area contributed by atoms with Gasteiger partial charge in [0.15, 0.2) is 0 Å². The molecule has 0 fully saturated rings. The van der Waals surface area contributed by atoms with Gasteiger partial charge in [0, 0.05) is 17.3 Å². The molecule has 113 valence electrons. The molecule has 9 heteroatoms. The third kappa shape index (κ3) is 2.47. The molecule has 1 N–H and O–H groups in total. The van der Waals surface area contributed by atoms with Crippen LogP contribution in [0, 0.1) is 6.20 Å². The number of aromatic amines is 1. The summed E-state index contributed by atoms with van der Waals surface area (Å²) in [5.41, 5.74) is -1.20. The Kier molecular flexibility index (Phi) is 3.46. The summed E-state index contributed by atoms with van der Waals surface area (Å²) in [6.07, 6.45) is -2.65. The van der Waals surface area contributed by atoms with Crippen molar-refractivity contribution in [3.63, 3.8) is 0 Å². The fourth-order valence-corrected chi connectivity index (χ4v) is 1.57. The van der Waals surface area contributed by atoms with Crippen molar-refractivity contribution in [2.75, 3.05) is 0 Å². The number of imidazole rings is 1. The van der Waals surface area contributed by atoms with E-state index in [2.05, 4.69) is 16.2 Å². The summed E-state index contributed by atoms with van der Waals surface area (Å²) in [5, 5.41) is 0. The van der Waals surface area contributed by atoms with E-state index in [1.165, 1.54) is 6.20 Å². The monoisotopic (exact) mass is 311 g/mol. The van der Waals surface area contributed by atoms with Crippen LogP contribution in [0.3, 0.4) is 0 Å². The maximum Gasteiger partial charge on any atom is 0.460 e. The van der Waals surface area contributed by atoms with Gasteiger partial charge < -0.3 is 4.98 Å². The molecule has 0 amide bonds. The van der Waals surface area contributed by atoms with Gasteiger partial charge in [-0.15, -0.1) is 0 Å². The molecule has 0 aliphatic rings. The van der Waals surface area contributed by atoms with Gasteiger partial charge in [0.05, 0.1) is 0 Å². The van der Waals surface area contributed by atoms with Crippen LogP contribution in [0.4, 0.5) is 30.7 Å². The highest BCUT2D eigenvalue weighted by Crippen LogP contribution is 2.51. The van der Waals surface area contributed by atoms with E-state index in [0.29, 0.717) is 12.1 Å². The molecule has 0 aliphatic carbocycles. The first-order valence-electron chi connectivity index (χ1n) is 5.42. The lowest BCUT2D eigenvalue weighted by Gasteiger charge is -2.28. The van der Waals surface area contributed by atoms with Crippen molar-refractivity contribution in [3.8, 4) is 11.4 Å². The van der Waals surface area contributed by atoms with Crippen molar-refractivity contribution in [1.29, 1.82) is 0 Å². The van der Waals surface area contributed by atoms with E-state index in [-0.39, 0.29) is 11.4 Å². The Labute approximate surface area is 113 Å². The van der Waals surface area contributed by atoms with Gasteiger partial charge in [0.1, 0.15) is 12.0 Å². The molecule has 0 spiro atoms. The number of H-pyrrole nitrogens is 1. The second kappa shape index (κ2) is 4.74. The molecular formula is C12H6F7N2. The third-order valence-electron chi connectivity index (χ3n) is 2.72. The first kappa shape index (κ1) is 15.3. The van der Waals surface area contributed by atoms with Crippen molar-refractivity contribution < 1.29 is 30.7 Å². The molecule has 0 saturated carbocycles. The normalized spacial score (nSPS) is 13.5. The second-order valence-electron chi connectivity index (χ2n) is 4.10. The van der Waals surface area contributed by atoms with Crippen LogP contribution in [0.1, 0.15) is 5.56 Å². The quantitative estimate of drug-likeness (QED) is 0.847. The van der Waals surface area contributed by atoms with Crippen molar-refractivity contribution in [2.24, 2.45) is 0 Å². The minimum atomic E-state index is -6.36. The van der Waals surface area contributed by atoms with Gasteiger partial charge in [-0.25, -0.2) is 4.98 Å². The summed E-state index contributed by atoms with van der Waals surface area (Å²) in [6, 6.07) is 2.92. The molecule has 21 heavy (non-hydrogen) atoms. The van der Waals surface area contributed by atoms with Crippen molar-refractivity contribution in [1.82, 2.24) is 9.97 Å². The first-order chi connectivity index (χ1) is 9.57. The number of halogens is 7. The van der Waals surface area contributed by atoms with E-state index in [4.69, 9.17) is 0 Å². The largest absolute Gasteiger partial charge is 0.460 e. The lowest BCUT2D eigenvalue weighted by atomic mass is 10.0. The predicted octanol–water partition coefficient (Wildman–Crippen LogP) is 4.17. The highest BCUT2D eigenvalue weighted by Gasteiger charge is 2.73. The van der Waals surface area contributed by atoms with Gasteiger partial charge in [-0.1, -0.05) is 24.3 Å². The fourth-order valence-electron chi connectivity index (χ4n) is 1.57. The van der Waals surface area contributed by atoms with Crippen LogP contribution in [-0.2, 0) is 5.92 Å². The Morgan fingerprint density at radius 2 is 1.48 bits per heavy atom. The van der Waals surface area contributed by atoms with E-state index < -0.39 is 23.6 Å². The number of nitrogens with zero attached hydrogens (tertiary/aromatic N) is 1. The van der Waals surface area contributed by atoms with Crippen molar-refractivity contribution >= 4 is 0 Å². The summed E-state index contributed by atoms with van der Waals surface area (Å²) >= 11 is 0. The number of hydrogen-bond acceptors (Lipinski definition) is 1. The molecule has 1 heterocycles. The predicted molar refractivity (Wildman–Crippen MR) is 57.8 cm³/mol. The summed E-state index contributed by atoms with van der Waals surface area (Å²) in [5.74, 6) is -11.3. The summed E-state index contributed by atoms with van der Waals surface area (Å²) in [7, 11) is 0. The van der Waals surface area contributed by atoms with Gasteiger partial charge in [-0.3, -0.25) is 0 Å². The SMILES string of the molecule is FC(F)(F)C(F)(F)C(F)(F)c1ccc(-c2n[c]c[nH]2)cc1. The topological polar surface area (TPSA) is 28.7 Å². The minimum Gasteiger partial charge on any atom is -0.344 e. The van der Waals surface area contributed by atoms with Crippen molar-refractivity contribution in [2.45, 2.75) is 18.0 Å². The number of nitrogens with one attached hydrogen (secondary N) is 1. The van der Waals surface area contributed by atoms with E-state index in [0.717, 1.165) is 12.1 Å². The Balaban J connectivity index is 2.38. The van der Waals surface area contributed by atoms with E-state index >= 15 is 0 Å². The average Bonchev–Trinajstić information content (AvgIpc) is 2.91. The van der Waals surface area contributed by atoms with Gasteiger partial charge in [-0.2, -0.15) is 30.7 Å². The first-order valence-corrected chi connectivity index (χ1v) is 5.42. The summed E-state index contributed by atoms with van der Waals surface area (Å²) < 4.78 is 88.8. The molecule has 2 aromatic rings. The zero-order chi connectivity index (χ0) is 15.9. The number of aromatic nitrogens is 2. The van der Waals surface area contributed by atoms with Crippen LogP contribution in [0.25, 0.3) is 11.4 Å². The Morgan fingerprint density at radius 1 is 0.905 bits per heavy atom. The smallest absolute Gasteiger partial charge is 0.344 e. The number of rotatable bonds is 3. The molecule has 0 aliphatic heterocycles. The van der Waals surface area contributed by atoms with E-state index in [9.17, 15) is 30.7 Å². The van der Waals surface area contributed by atoms with Crippen LogP contribution < -0.4 is 0 Å². The number of alkyl halides is 7. The van der Waals surface area contributed by atoms with Crippen LogP contribution in [0.2, 0.25) is 0 Å². The number of benzene rings is 1. The molecule has 1 radical (unpaired) electrons. The van der Waals surface area contributed by atoms with Gasteiger partial charge in [-0.05, 0) is 0 Å². The fraction of sp³-hybridized carbons (Fsp3) is 0.250. The van der Waals surface area contributed by atoms with Crippen LogP contribution in [0.5, 0.6) is 0 Å². The van der Waals surface area contributed by atoms with E-state index in [1.807, 2.05) is 0 Å². The lowest BCUT2D eigenvalue weighted by Crippen LogP contribution is -2.49. The Bertz CT molecular complexity index is 600. The molecule has 0 atom stereocenters. The van der Waals surface area contributed by atoms with Crippen LogP contribution >= 0.6 is 0 Å². The average molecular weight is 311 g/mol. The number of hydrogen-bond donors (Lipinski definition) is 1. The second-order valence-corrected chi connectivity index (χ2v) is 4.10. The standard InChI is InChI=1S/C12H6F7N2/c13-10(14,11(15,16)12(17,18)19)8-3-1-7(2-4-8)9-20-5-6-21-9/h1-5H,(H,20,21). The molecule has 2 rings (SSSR count). The molecule has 2 nitrogen and oxygen atoms in total. The molecular weight excluding hydrogens is 305 g/mol. The Morgan fingerprint density at radius 3 is 1.90 bits per heavy atom. The summed E-state index contributed by atoms with van der Waals surface area (Å²) in [6.45, 7) is 0. The van der Waals surface area contributed by atoms with Gasteiger partial charge in [0.2, 0.25) is 0 Å². The Hall–Kier alpha value is -2.06. The zero-order valence-electron chi connectivity index (χ0n) is 9.98. The lowest BCUT2D eigenvalue weighted by molar-refractivity contribution is -0.359. The molecule has 0 unspecified atom stereocenters. The maximum atomic E-state index is 13.4. The molecule has 0 saturated heterocycles. The molecule has 0 bridgehead atoms. The zero-order valence-corrected chi connectivity index (χ0v) is 9.98. The highest BCUT2D eigenvalue weighted by atomic mass is 19.4. The maximum absolute atomic E-state index is 13.4. The summed E-state index contributed by atoms with van der Waals surface area (Å²) in [4.78, 5) is 6.25. The minimum absolute atomic E-state index is 0.215. The highest BCUT2D eigenvalue weighted by molar-refractivity contribution is 5.55. The van der Waals surface area contributed by atoms with Crippen LogP contribution in [-0.4, -0.2) is 22.1 Å². The van der Waals surface area contributed by atoms with Crippen molar-refractivity contribution in [3.05, 3.63) is 42.2 Å².